The van der Waals surface area contributed by atoms with E-state index in [1.54, 1.807) is 30.5 Å². The first-order valence-corrected chi connectivity index (χ1v) is 8.88. The summed E-state index contributed by atoms with van der Waals surface area (Å²) in [6, 6.07) is 13.8. The van der Waals surface area contributed by atoms with E-state index in [0.717, 1.165) is 22.4 Å². The predicted octanol–water partition coefficient (Wildman–Crippen LogP) is 3.13. The lowest BCUT2D eigenvalue weighted by Crippen LogP contribution is -2.48. The molecule has 0 bridgehead atoms. The molecule has 0 saturated carbocycles. The summed E-state index contributed by atoms with van der Waals surface area (Å²) in [4.78, 5) is 25.5. The van der Waals surface area contributed by atoms with Gasteiger partial charge in [-0.25, -0.2) is 9.37 Å². The lowest BCUT2D eigenvalue weighted by atomic mass is 10.2. The Balaban J connectivity index is 1.37. The van der Waals surface area contributed by atoms with Gasteiger partial charge in [-0.2, -0.15) is 0 Å². The summed E-state index contributed by atoms with van der Waals surface area (Å²) in [6.45, 7) is 2.68. The molecule has 1 amide bonds. The van der Waals surface area contributed by atoms with Gasteiger partial charge in [-0.15, -0.1) is 0 Å². The largest absolute Gasteiger partial charge is 0.352 e. The highest BCUT2D eigenvalue weighted by Crippen LogP contribution is 2.17. The van der Waals surface area contributed by atoms with E-state index in [0.29, 0.717) is 26.2 Å². The third-order valence-electron chi connectivity index (χ3n) is 4.64. The van der Waals surface area contributed by atoms with Gasteiger partial charge in [-0.3, -0.25) is 9.78 Å². The van der Waals surface area contributed by atoms with Crippen LogP contribution in [0.3, 0.4) is 0 Å². The summed E-state index contributed by atoms with van der Waals surface area (Å²) in [5.41, 5.74) is 2.55. The summed E-state index contributed by atoms with van der Waals surface area (Å²) in [5, 5.41) is 0. The van der Waals surface area contributed by atoms with E-state index in [9.17, 15) is 9.18 Å². The van der Waals surface area contributed by atoms with Gasteiger partial charge in [0.05, 0.1) is 17.2 Å². The summed E-state index contributed by atoms with van der Waals surface area (Å²) in [5.74, 6) is 0.512. The summed E-state index contributed by atoms with van der Waals surface area (Å²) in [7, 11) is 0. The molecule has 1 saturated heterocycles. The molecule has 5 nitrogen and oxygen atoms in total. The molecule has 0 atom stereocenters. The molecule has 0 unspecified atom stereocenters. The monoisotopic (exact) mass is 362 g/mol. The number of halogens is 1. The Morgan fingerprint density at radius 2 is 1.67 bits per heavy atom. The number of para-hydroxylation sites is 2. The molecule has 136 valence electrons. The van der Waals surface area contributed by atoms with E-state index in [4.69, 9.17) is 0 Å². The van der Waals surface area contributed by atoms with Crippen molar-refractivity contribution in [1.82, 2.24) is 14.9 Å². The fourth-order valence-corrected chi connectivity index (χ4v) is 3.10. The number of amides is 1. The minimum Gasteiger partial charge on any atom is -0.352 e. The molecular formula is C21H19FN4O. The normalized spacial score (nSPS) is 14.9. The van der Waals surface area contributed by atoms with E-state index in [1.165, 1.54) is 12.1 Å². The molecule has 27 heavy (non-hydrogen) atoms. The first kappa shape index (κ1) is 17.1. The molecule has 0 N–H and O–H groups in total. The highest BCUT2D eigenvalue weighted by Gasteiger charge is 2.20. The zero-order valence-corrected chi connectivity index (χ0v) is 14.8. The van der Waals surface area contributed by atoms with Gasteiger partial charge in [0.2, 0.25) is 5.91 Å². The number of benzene rings is 2. The van der Waals surface area contributed by atoms with Crippen molar-refractivity contribution < 1.29 is 9.18 Å². The first-order chi connectivity index (χ1) is 13.2. The number of piperazine rings is 1. The van der Waals surface area contributed by atoms with Crippen LogP contribution < -0.4 is 4.90 Å². The van der Waals surface area contributed by atoms with Crippen molar-refractivity contribution in [3.8, 4) is 0 Å². The zero-order chi connectivity index (χ0) is 18.6. The van der Waals surface area contributed by atoms with Crippen LogP contribution in [0.25, 0.3) is 17.1 Å². The van der Waals surface area contributed by atoms with Crippen LogP contribution in [0, 0.1) is 5.82 Å². The molecule has 2 aromatic carbocycles. The van der Waals surface area contributed by atoms with Crippen LogP contribution >= 0.6 is 0 Å². The van der Waals surface area contributed by atoms with Crippen molar-refractivity contribution in [3.05, 3.63) is 72.2 Å². The number of fused-ring (bicyclic) bond motifs is 1. The van der Waals surface area contributed by atoms with Crippen LogP contribution in [-0.2, 0) is 4.79 Å². The standard InChI is InChI=1S/C21H19FN4O/c22-17-8-5-16(6-9-17)7-10-21(27)26-13-11-25(12-14-26)20-15-23-18-3-1-2-4-19(18)24-20/h1-10,15H,11-14H2/b10-7+. The fourth-order valence-electron chi connectivity index (χ4n) is 3.10. The van der Waals surface area contributed by atoms with E-state index in [2.05, 4.69) is 14.9 Å². The summed E-state index contributed by atoms with van der Waals surface area (Å²) < 4.78 is 12.9. The molecular weight excluding hydrogens is 343 g/mol. The summed E-state index contributed by atoms with van der Waals surface area (Å²) in [6.07, 6.45) is 5.04. The van der Waals surface area contributed by atoms with E-state index in [1.807, 2.05) is 29.2 Å². The Labute approximate surface area is 156 Å². The number of carbonyl (C=O) groups excluding carboxylic acids is 1. The number of rotatable bonds is 3. The molecule has 0 aliphatic carbocycles. The van der Waals surface area contributed by atoms with Crippen LogP contribution in [0.5, 0.6) is 0 Å². The third-order valence-corrected chi connectivity index (χ3v) is 4.64. The maximum absolute atomic E-state index is 12.9. The Morgan fingerprint density at radius 1 is 0.963 bits per heavy atom. The number of hydrogen-bond acceptors (Lipinski definition) is 4. The van der Waals surface area contributed by atoms with Crippen molar-refractivity contribution in [2.45, 2.75) is 0 Å². The van der Waals surface area contributed by atoms with Crippen LogP contribution in [-0.4, -0.2) is 47.0 Å². The number of aromatic nitrogens is 2. The van der Waals surface area contributed by atoms with Gasteiger partial charge in [0.25, 0.3) is 0 Å². The second-order valence-electron chi connectivity index (χ2n) is 6.41. The minimum atomic E-state index is -0.286. The fraction of sp³-hybridized carbons (Fsp3) is 0.190. The second kappa shape index (κ2) is 7.53. The first-order valence-electron chi connectivity index (χ1n) is 8.88. The predicted molar refractivity (Wildman–Crippen MR) is 104 cm³/mol. The smallest absolute Gasteiger partial charge is 0.246 e. The van der Waals surface area contributed by atoms with Gasteiger partial charge >= 0.3 is 0 Å². The van der Waals surface area contributed by atoms with E-state index < -0.39 is 0 Å². The van der Waals surface area contributed by atoms with Crippen molar-refractivity contribution in [3.63, 3.8) is 0 Å². The molecule has 0 radical (unpaired) electrons. The SMILES string of the molecule is O=C(/C=C/c1ccc(F)cc1)N1CCN(c2cnc3ccccc3n2)CC1. The van der Waals surface area contributed by atoms with E-state index >= 15 is 0 Å². The molecule has 6 heteroatoms. The Kier molecular flexibility index (Phi) is 4.78. The van der Waals surface area contributed by atoms with Gasteiger partial charge in [0.15, 0.2) is 0 Å². The van der Waals surface area contributed by atoms with Gasteiger partial charge in [0.1, 0.15) is 11.6 Å². The lowest BCUT2D eigenvalue weighted by Gasteiger charge is -2.34. The quantitative estimate of drug-likeness (QED) is 0.672. The van der Waals surface area contributed by atoms with Crippen LogP contribution in [0.1, 0.15) is 5.56 Å². The minimum absolute atomic E-state index is 0.0384. The van der Waals surface area contributed by atoms with Gasteiger partial charge < -0.3 is 9.80 Å². The van der Waals surface area contributed by atoms with Crippen molar-refractivity contribution in [2.75, 3.05) is 31.1 Å². The third kappa shape index (κ3) is 3.95. The highest BCUT2D eigenvalue weighted by atomic mass is 19.1. The molecule has 4 rings (SSSR count). The van der Waals surface area contributed by atoms with Crippen LogP contribution in [0.2, 0.25) is 0 Å². The topological polar surface area (TPSA) is 49.3 Å². The maximum atomic E-state index is 12.9. The number of carbonyl (C=O) groups is 1. The van der Waals surface area contributed by atoms with Crippen molar-refractivity contribution in [2.24, 2.45) is 0 Å². The molecule has 1 aliphatic heterocycles. The lowest BCUT2D eigenvalue weighted by molar-refractivity contribution is -0.126. The average molecular weight is 362 g/mol. The molecule has 1 fully saturated rings. The number of nitrogens with zero attached hydrogens (tertiary/aromatic N) is 4. The number of anilines is 1. The van der Waals surface area contributed by atoms with Crippen molar-refractivity contribution >= 4 is 28.8 Å². The van der Waals surface area contributed by atoms with Crippen molar-refractivity contribution in [1.29, 1.82) is 0 Å². The zero-order valence-electron chi connectivity index (χ0n) is 14.8. The molecule has 1 aliphatic rings. The van der Waals surface area contributed by atoms with Gasteiger partial charge in [0, 0.05) is 32.3 Å². The Morgan fingerprint density at radius 3 is 2.41 bits per heavy atom. The Hall–Kier alpha value is -3.28. The molecule has 1 aromatic heterocycles. The Bertz CT molecular complexity index is 979. The van der Waals surface area contributed by atoms with Crippen LogP contribution in [0.15, 0.2) is 60.8 Å². The summed E-state index contributed by atoms with van der Waals surface area (Å²) >= 11 is 0. The molecule has 0 spiro atoms. The van der Waals surface area contributed by atoms with Gasteiger partial charge in [-0.05, 0) is 35.9 Å². The second-order valence-corrected chi connectivity index (χ2v) is 6.41. The highest BCUT2D eigenvalue weighted by molar-refractivity contribution is 5.92. The molecule has 3 aromatic rings. The van der Waals surface area contributed by atoms with Crippen LogP contribution in [0.4, 0.5) is 10.2 Å². The molecule has 2 heterocycles. The van der Waals surface area contributed by atoms with Gasteiger partial charge in [-0.1, -0.05) is 24.3 Å². The number of hydrogen-bond donors (Lipinski definition) is 0. The van der Waals surface area contributed by atoms with E-state index in [-0.39, 0.29) is 11.7 Å². The average Bonchev–Trinajstić information content (AvgIpc) is 2.73. The maximum Gasteiger partial charge on any atom is 0.246 e.